The Morgan fingerprint density at radius 1 is 1.30 bits per heavy atom. The second-order valence-corrected chi connectivity index (χ2v) is 5.64. The van der Waals surface area contributed by atoms with Crippen molar-refractivity contribution in [2.75, 3.05) is 12.9 Å². The van der Waals surface area contributed by atoms with Crippen LogP contribution in [0, 0.1) is 0 Å². The molecule has 0 spiro atoms. The molecule has 2 aromatic heterocycles. The molecule has 0 bridgehead atoms. The normalized spacial score (nSPS) is 10.7. The van der Waals surface area contributed by atoms with Crippen LogP contribution in [0.25, 0.3) is 11.2 Å². The van der Waals surface area contributed by atoms with Crippen molar-refractivity contribution in [2.24, 2.45) is 0 Å². The van der Waals surface area contributed by atoms with Crippen molar-refractivity contribution in [3.05, 3.63) is 48.2 Å². The van der Waals surface area contributed by atoms with E-state index in [1.165, 1.54) is 11.8 Å². The van der Waals surface area contributed by atoms with E-state index in [-0.39, 0.29) is 11.7 Å². The molecule has 0 radical (unpaired) electrons. The molecule has 0 saturated heterocycles. The van der Waals surface area contributed by atoms with E-state index in [2.05, 4.69) is 15.3 Å². The molecule has 7 heteroatoms. The van der Waals surface area contributed by atoms with E-state index in [1.54, 1.807) is 25.4 Å². The van der Waals surface area contributed by atoms with Crippen molar-refractivity contribution in [1.82, 2.24) is 15.3 Å². The third-order valence-electron chi connectivity index (χ3n) is 3.12. The lowest BCUT2D eigenvalue weighted by molar-refractivity contribution is -0.118. The largest absolute Gasteiger partial charge is 0.497 e. The van der Waals surface area contributed by atoms with Crippen LogP contribution in [-0.4, -0.2) is 28.7 Å². The number of amides is 1. The van der Waals surface area contributed by atoms with Crippen molar-refractivity contribution in [2.45, 2.75) is 11.8 Å². The minimum Gasteiger partial charge on any atom is -0.497 e. The molecule has 6 nitrogen and oxygen atoms in total. The number of hydrogen-bond acceptors (Lipinski definition) is 6. The van der Waals surface area contributed by atoms with Crippen LogP contribution in [0.2, 0.25) is 0 Å². The Labute approximate surface area is 137 Å². The van der Waals surface area contributed by atoms with Gasteiger partial charge in [0.2, 0.25) is 5.91 Å². The second kappa shape index (κ2) is 7.15. The summed E-state index contributed by atoms with van der Waals surface area (Å²) in [6, 6.07) is 11.1. The first-order chi connectivity index (χ1) is 11.2. The Morgan fingerprint density at radius 2 is 2.13 bits per heavy atom. The lowest BCUT2D eigenvalue weighted by Gasteiger charge is -2.05. The molecule has 2 heterocycles. The van der Waals surface area contributed by atoms with E-state index in [4.69, 9.17) is 9.15 Å². The fourth-order valence-electron chi connectivity index (χ4n) is 1.93. The van der Waals surface area contributed by atoms with Gasteiger partial charge in [-0.2, -0.15) is 4.98 Å². The van der Waals surface area contributed by atoms with Gasteiger partial charge in [0.05, 0.1) is 12.9 Å². The van der Waals surface area contributed by atoms with Crippen molar-refractivity contribution >= 4 is 28.9 Å². The molecule has 3 rings (SSSR count). The van der Waals surface area contributed by atoms with Crippen LogP contribution in [0.3, 0.4) is 0 Å². The summed E-state index contributed by atoms with van der Waals surface area (Å²) >= 11 is 1.25. The van der Waals surface area contributed by atoms with E-state index in [0.29, 0.717) is 23.0 Å². The van der Waals surface area contributed by atoms with Gasteiger partial charge >= 0.3 is 0 Å². The van der Waals surface area contributed by atoms with Crippen molar-refractivity contribution in [3.63, 3.8) is 0 Å². The minimum absolute atomic E-state index is 0.0824. The summed E-state index contributed by atoms with van der Waals surface area (Å²) < 4.78 is 10.6. The molecule has 1 amide bonds. The molecular weight excluding hydrogens is 314 g/mol. The number of fused-ring (bicyclic) bond motifs is 1. The molecule has 3 aromatic rings. The molecule has 118 valence electrons. The molecule has 0 aliphatic rings. The van der Waals surface area contributed by atoms with Gasteiger partial charge in [0.1, 0.15) is 5.75 Å². The number of benzene rings is 1. The Hall–Kier alpha value is -2.54. The summed E-state index contributed by atoms with van der Waals surface area (Å²) in [7, 11) is 1.62. The number of methoxy groups -OCH3 is 1. The third kappa shape index (κ3) is 4.01. The predicted octanol–water partition coefficient (Wildman–Crippen LogP) is 2.64. The first kappa shape index (κ1) is 15.4. The van der Waals surface area contributed by atoms with Gasteiger partial charge < -0.3 is 14.5 Å². The summed E-state index contributed by atoms with van der Waals surface area (Å²) in [6.45, 7) is 0.471. The monoisotopic (exact) mass is 329 g/mol. The zero-order valence-electron chi connectivity index (χ0n) is 12.5. The number of carbonyl (C=O) groups excluding carboxylic acids is 1. The van der Waals surface area contributed by atoms with Crippen LogP contribution >= 0.6 is 11.8 Å². The molecular formula is C16H15N3O3S. The van der Waals surface area contributed by atoms with Gasteiger partial charge in [-0.15, -0.1) is 0 Å². The van der Waals surface area contributed by atoms with Crippen molar-refractivity contribution in [3.8, 4) is 5.75 Å². The highest BCUT2D eigenvalue weighted by Crippen LogP contribution is 2.21. The van der Waals surface area contributed by atoms with Crippen molar-refractivity contribution in [1.29, 1.82) is 0 Å². The highest BCUT2D eigenvalue weighted by atomic mass is 32.2. The van der Waals surface area contributed by atoms with E-state index >= 15 is 0 Å². The number of aromatic nitrogens is 2. The lowest BCUT2D eigenvalue weighted by atomic mass is 10.2. The summed E-state index contributed by atoms with van der Waals surface area (Å²) in [5.41, 5.74) is 2.18. The van der Waals surface area contributed by atoms with E-state index < -0.39 is 0 Å². The summed E-state index contributed by atoms with van der Waals surface area (Å²) in [6.07, 6.45) is 1.65. The molecule has 0 unspecified atom stereocenters. The Kier molecular flexibility index (Phi) is 4.77. The SMILES string of the molecule is COc1ccc(CNC(=O)CSc2nc3ncccc3o2)cc1. The predicted molar refractivity (Wildman–Crippen MR) is 87.4 cm³/mol. The van der Waals surface area contributed by atoms with Gasteiger partial charge in [-0.1, -0.05) is 23.9 Å². The Bertz CT molecular complexity index is 769. The number of pyridine rings is 1. The first-order valence-electron chi connectivity index (χ1n) is 6.98. The Morgan fingerprint density at radius 3 is 2.87 bits per heavy atom. The molecule has 0 fully saturated rings. The maximum atomic E-state index is 11.9. The fourth-order valence-corrected chi connectivity index (χ4v) is 2.59. The van der Waals surface area contributed by atoms with Crippen LogP contribution in [0.4, 0.5) is 0 Å². The lowest BCUT2D eigenvalue weighted by Crippen LogP contribution is -2.24. The summed E-state index contributed by atoms with van der Waals surface area (Å²) in [5.74, 6) is 0.949. The average Bonchev–Trinajstić information content (AvgIpc) is 3.01. The van der Waals surface area contributed by atoms with E-state index in [1.807, 2.05) is 24.3 Å². The Balaban J connectivity index is 1.49. The molecule has 1 aromatic carbocycles. The molecule has 23 heavy (non-hydrogen) atoms. The molecule has 0 saturated carbocycles. The topological polar surface area (TPSA) is 77.2 Å². The number of ether oxygens (including phenoxy) is 1. The third-order valence-corrected chi connectivity index (χ3v) is 3.95. The van der Waals surface area contributed by atoms with Crippen LogP contribution < -0.4 is 10.1 Å². The number of oxazole rings is 1. The molecule has 0 atom stereocenters. The van der Waals surface area contributed by atoms with Gasteiger partial charge in [-0.25, -0.2) is 4.98 Å². The zero-order chi connectivity index (χ0) is 16.1. The number of nitrogens with zero attached hydrogens (tertiary/aromatic N) is 2. The van der Waals surface area contributed by atoms with Crippen molar-refractivity contribution < 1.29 is 13.9 Å². The van der Waals surface area contributed by atoms with Crippen LogP contribution in [0.1, 0.15) is 5.56 Å². The molecule has 1 N–H and O–H groups in total. The highest BCUT2D eigenvalue weighted by molar-refractivity contribution is 7.99. The van der Waals surface area contributed by atoms with Gasteiger partial charge in [0.15, 0.2) is 11.2 Å². The second-order valence-electron chi connectivity index (χ2n) is 4.72. The first-order valence-corrected chi connectivity index (χ1v) is 7.97. The minimum atomic E-state index is -0.0824. The maximum Gasteiger partial charge on any atom is 0.258 e. The number of rotatable bonds is 6. The molecule has 0 aliphatic carbocycles. The fraction of sp³-hybridized carbons (Fsp3) is 0.188. The molecule has 0 aliphatic heterocycles. The summed E-state index contributed by atoms with van der Waals surface area (Å²) in [5, 5.41) is 3.30. The number of carbonyl (C=O) groups is 1. The summed E-state index contributed by atoms with van der Waals surface area (Å²) in [4.78, 5) is 20.2. The number of thioether (sulfide) groups is 1. The standard InChI is InChI=1S/C16H15N3O3S/c1-21-12-6-4-11(5-7-12)9-18-14(20)10-23-16-19-15-13(22-16)3-2-8-17-15/h2-8H,9-10H2,1H3,(H,18,20). The van der Waals surface area contributed by atoms with Gasteiger partial charge in [0, 0.05) is 12.7 Å². The number of nitrogens with one attached hydrogen (secondary N) is 1. The quantitative estimate of drug-likeness (QED) is 0.701. The van der Waals surface area contributed by atoms with Gasteiger partial charge in [-0.05, 0) is 29.8 Å². The average molecular weight is 329 g/mol. The van der Waals surface area contributed by atoms with E-state index in [9.17, 15) is 4.79 Å². The van der Waals surface area contributed by atoms with Gasteiger partial charge in [-0.3, -0.25) is 4.79 Å². The van der Waals surface area contributed by atoms with Crippen LogP contribution in [-0.2, 0) is 11.3 Å². The van der Waals surface area contributed by atoms with Crippen LogP contribution in [0.5, 0.6) is 5.75 Å². The van der Waals surface area contributed by atoms with Crippen LogP contribution in [0.15, 0.2) is 52.2 Å². The smallest absolute Gasteiger partial charge is 0.258 e. The maximum absolute atomic E-state index is 11.9. The zero-order valence-corrected chi connectivity index (χ0v) is 13.3. The van der Waals surface area contributed by atoms with Gasteiger partial charge in [0.25, 0.3) is 5.22 Å². The highest BCUT2D eigenvalue weighted by Gasteiger charge is 2.09. The van der Waals surface area contributed by atoms with E-state index in [0.717, 1.165) is 11.3 Å². The number of hydrogen-bond donors (Lipinski definition) is 1.